The van der Waals surface area contributed by atoms with Gasteiger partial charge in [-0.2, -0.15) is 0 Å². The molecule has 2 nitrogen and oxygen atoms in total. The SMILES string of the molecule is CCCCCCCCC(N=C=O)C(C)CCCCCC. The van der Waals surface area contributed by atoms with Gasteiger partial charge in [0.1, 0.15) is 0 Å². The van der Waals surface area contributed by atoms with Gasteiger partial charge in [-0.25, -0.2) is 9.79 Å². The Morgan fingerprint density at radius 3 is 1.90 bits per heavy atom. The van der Waals surface area contributed by atoms with Crippen LogP contribution in [0.2, 0.25) is 0 Å². The third-order valence-corrected chi connectivity index (χ3v) is 4.24. The highest BCUT2D eigenvalue weighted by Gasteiger charge is 2.15. The van der Waals surface area contributed by atoms with Crippen molar-refractivity contribution in [2.24, 2.45) is 10.9 Å². The molecule has 0 spiro atoms. The molecule has 0 aliphatic rings. The number of aliphatic imine (C=N–C) groups is 1. The smallest absolute Gasteiger partial charge is 0.211 e. The second-order valence-electron chi connectivity index (χ2n) is 6.17. The van der Waals surface area contributed by atoms with Gasteiger partial charge in [-0.05, 0) is 18.8 Å². The van der Waals surface area contributed by atoms with Crippen LogP contribution in [0.25, 0.3) is 0 Å². The van der Waals surface area contributed by atoms with Crippen molar-refractivity contribution in [2.45, 2.75) is 104 Å². The van der Waals surface area contributed by atoms with E-state index < -0.39 is 0 Å². The molecule has 0 saturated heterocycles. The molecule has 0 heterocycles. The fourth-order valence-corrected chi connectivity index (χ4v) is 2.76. The van der Waals surface area contributed by atoms with E-state index in [0.717, 1.165) is 6.42 Å². The Labute approximate surface area is 126 Å². The van der Waals surface area contributed by atoms with Crippen molar-refractivity contribution in [1.82, 2.24) is 0 Å². The maximum Gasteiger partial charge on any atom is 0.235 e. The lowest BCUT2D eigenvalue weighted by Crippen LogP contribution is -2.15. The molecule has 0 aromatic carbocycles. The molecule has 20 heavy (non-hydrogen) atoms. The number of nitrogens with zero attached hydrogens (tertiary/aromatic N) is 1. The van der Waals surface area contributed by atoms with E-state index in [1.165, 1.54) is 70.6 Å². The van der Waals surface area contributed by atoms with Crippen LogP contribution in [0.3, 0.4) is 0 Å². The van der Waals surface area contributed by atoms with Gasteiger partial charge in [0, 0.05) is 0 Å². The molecule has 0 saturated carbocycles. The first-order valence-electron chi connectivity index (χ1n) is 8.83. The van der Waals surface area contributed by atoms with Crippen molar-refractivity contribution in [1.29, 1.82) is 0 Å². The number of isocyanates is 1. The minimum Gasteiger partial charge on any atom is -0.211 e. The number of rotatable bonds is 14. The molecule has 0 bridgehead atoms. The van der Waals surface area contributed by atoms with Crippen LogP contribution in [-0.2, 0) is 4.79 Å². The summed E-state index contributed by atoms with van der Waals surface area (Å²) in [6.45, 7) is 6.73. The molecule has 0 fully saturated rings. The second kappa shape index (κ2) is 14.8. The first-order chi connectivity index (χ1) is 9.76. The van der Waals surface area contributed by atoms with E-state index >= 15 is 0 Å². The standard InChI is InChI=1S/C18H35NO/c1-4-6-8-10-11-13-15-18(19-16-20)17(3)14-12-9-7-5-2/h17-18H,4-15H2,1-3H3. The molecule has 0 aromatic rings. The van der Waals surface area contributed by atoms with Gasteiger partial charge in [0.25, 0.3) is 0 Å². The van der Waals surface area contributed by atoms with Crippen LogP contribution in [-0.4, -0.2) is 12.1 Å². The number of hydrogen-bond donors (Lipinski definition) is 0. The van der Waals surface area contributed by atoms with Crippen LogP contribution in [0.5, 0.6) is 0 Å². The zero-order valence-electron chi connectivity index (χ0n) is 14.0. The average molecular weight is 281 g/mol. The maximum atomic E-state index is 10.6. The quantitative estimate of drug-likeness (QED) is 0.216. The van der Waals surface area contributed by atoms with Gasteiger partial charge in [0.05, 0.1) is 6.04 Å². The van der Waals surface area contributed by atoms with E-state index in [1.807, 2.05) is 0 Å². The van der Waals surface area contributed by atoms with Gasteiger partial charge in [-0.1, -0.05) is 85.0 Å². The summed E-state index contributed by atoms with van der Waals surface area (Å²) in [6.07, 6.45) is 17.1. The van der Waals surface area contributed by atoms with Crippen molar-refractivity contribution >= 4 is 6.08 Å². The second-order valence-corrected chi connectivity index (χ2v) is 6.17. The molecule has 0 aliphatic heterocycles. The molecular formula is C18H35NO. The minimum absolute atomic E-state index is 0.209. The Bertz CT molecular complexity index is 246. The zero-order chi connectivity index (χ0) is 15.1. The maximum absolute atomic E-state index is 10.6. The number of unbranched alkanes of at least 4 members (excludes halogenated alkanes) is 8. The van der Waals surface area contributed by atoms with Crippen LogP contribution in [0.15, 0.2) is 4.99 Å². The van der Waals surface area contributed by atoms with Gasteiger partial charge in [-0.3, -0.25) is 0 Å². The van der Waals surface area contributed by atoms with Crippen molar-refractivity contribution in [3.8, 4) is 0 Å². The molecule has 0 aliphatic carbocycles. The summed E-state index contributed by atoms with van der Waals surface area (Å²) in [4.78, 5) is 14.6. The summed E-state index contributed by atoms with van der Waals surface area (Å²) >= 11 is 0. The summed E-state index contributed by atoms with van der Waals surface area (Å²) in [5.41, 5.74) is 0. The third kappa shape index (κ3) is 11.2. The lowest BCUT2D eigenvalue weighted by Gasteiger charge is -2.18. The topological polar surface area (TPSA) is 29.4 Å². The van der Waals surface area contributed by atoms with Crippen molar-refractivity contribution in [3.05, 3.63) is 0 Å². The van der Waals surface area contributed by atoms with E-state index in [2.05, 4.69) is 25.8 Å². The Hall–Kier alpha value is -0.620. The molecule has 0 N–H and O–H groups in total. The normalized spacial score (nSPS) is 13.8. The summed E-state index contributed by atoms with van der Waals surface area (Å²) in [6, 6.07) is 0.209. The Kier molecular flexibility index (Phi) is 14.3. The van der Waals surface area contributed by atoms with Gasteiger partial charge >= 0.3 is 0 Å². The van der Waals surface area contributed by atoms with E-state index in [1.54, 1.807) is 6.08 Å². The van der Waals surface area contributed by atoms with Gasteiger partial charge in [0.15, 0.2) is 0 Å². The third-order valence-electron chi connectivity index (χ3n) is 4.24. The molecule has 2 heteroatoms. The summed E-state index contributed by atoms with van der Waals surface area (Å²) in [5, 5.41) is 0. The first kappa shape index (κ1) is 19.4. The Balaban J connectivity index is 3.81. The van der Waals surface area contributed by atoms with Crippen LogP contribution in [0.1, 0.15) is 97.8 Å². The monoisotopic (exact) mass is 281 g/mol. The van der Waals surface area contributed by atoms with E-state index in [-0.39, 0.29) is 6.04 Å². The zero-order valence-corrected chi connectivity index (χ0v) is 14.0. The molecule has 2 unspecified atom stereocenters. The molecule has 0 aromatic heterocycles. The lowest BCUT2D eigenvalue weighted by atomic mass is 9.91. The molecule has 2 atom stereocenters. The summed E-state index contributed by atoms with van der Waals surface area (Å²) in [7, 11) is 0. The number of carbonyl (C=O) groups excluding carboxylic acids is 1. The molecule has 118 valence electrons. The van der Waals surface area contributed by atoms with Gasteiger partial charge in [0.2, 0.25) is 6.08 Å². The predicted molar refractivity (Wildman–Crippen MR) is 87.8 cm³/mol. The van der Waals surface area contributed by atoms with E-state index in [0.29, 0.717) is 5.92 Å². The number of hydrogen-bond acceptors (Lipinski definition) is 2. The first-order valence-corrected chi connectivity index (χ1v) is 8.83. The molecule has 0 rings (SSSR count). The van der Waals surface area contributed by atoms with Crippen LogP contribution in [0, 0.1) is 5.92 Å². The van der Waals surface area contributed by atoms with Crippen molar-refractivity contribution in [3.63, 3.8) is 0 Å². The van der Waals surface area contributed by atoms with Crippen molar-refractivity contribution in [2.75, 3.05) is 0 Å². The summed E-state index contributed by atoms with van der Waals surface area (Å²) < 4.78 is 0. The summed E-state index contributed by atoms with van der Waals surface area (Å²) in [5.74, 6) is 0.531. The van der Waals surface area contributed by atoms with Gasteiger partial charge in [-0.15, -0.1) is 0 Å². The molecule has 0 amide bonds. The fourth-order valence-electron chi connectivity index (χ4n) is 2.76. The Morgan fingerprint density at radius 1 is 0.800 bits per heavy atom. The van der Waals surface area contributed by atoms with E-state index in [4.69, 9.17) is 0 Å². The largest absolute Gasteiger partial charge is 0.235 e. The molecule has 0 radical (unpaired) electrons. The van der Waals surface area contributed by atoms with Gasteiger partial charge < -0.3 is 0 Å². The van der Waals surface area contributed by atoms with E-state index in [9.17, 15) is 4.79 Å². The predicted octanol–water partition coefficient (Wildman–Crippen LogP) is 6.05. The van der Waals surface area contributed by atoms with Crippen LogP contribution < -0.4 is 0 Å². The highest BCUT2D eigenvalue weighted by atomic mass is 16.1. The lowest BCUT2D eigenvalue weighted by molar-refractivity contribution is 0.377. The molecular weight excluding hydrogens is 246 g/mol. The van der Waals surface area contributed by atoms with Crippen LogP contribution >= 0.6 is 0 Å². The highest BCUT2D eigenvalue weighted by Crippen LogP contribution is 2.21. The highest BCUT2D eigenvalue weighted by molar-refractivity contribution is 5.33. The van der Waals surface area contributed by atoms with Crippen LogP contribution in [0.4, 0.5) is 0 Å². The average Bonchev–Trinajstić information content (AvgIpc) is 2.46. The van der Waals surface area contributed by atoms with Crippen molar-refractivity contribution < 1.29 is 4.79 Å². The Morgan fingerprint density at radius 2 is 1.30 bits per heavy atom. The minimum atomic E-state index is 0.209. The fraction of sp³-hybridized carbons (Fsp3) is 0.944.